The van der Waals surface area contributed by atoms with Gasteiger partial charge in [-0.3, -0.25) is 4.79 Å². The molecule has 0 saturated carbocycles. The molecule has 0 radical (unpaired) electrons. The number of carbonyl (C=O) groups is 1. The number of rotatable bonds is 3. The average molecular weight is 234 g/mol. The zero-order valence-corrected chi connectivity index (χ0v) is 8.93. The summed E-state index contributed by atoms with van der Waals surface area (Å²) in [7, 11) is 1.55. The first-order valence-electron chi connectivity index (χ1n) is 3.91. The Labute approximate surface area is 91.6 Å². The van der Waals surface area contributed by atoms with Gasteiger partial charge in [0.25, 0.3) is 0 Å². The quantitative estimate of drug-likeness (QED) is 0.843. The van der Waals surface area contributed by atoms with Crippen molar-refractivity contribution >= 4 is 29.2 Å². The van der Waals surface area contributed by atoms with Crippen molar-refractivity contribution in [3.8, 4) is 0 Å². The van der Waals surface area contributed by atoms with Gasteiger partial charge in [-0.05, 0) is 25.2 Å². The van der Waals surface area contributed by atoms with Crippen LogP contribution in [0.15, 0.2) is 18.2 Å². The Balaban J connectivity index is 3.15. The number of carboxylic acids is 1. The normalized spacial score (nSPS) is 12.5. The molecular weight excluding hydrogens is 225 g/mol. The summed E-state index contributed by atoms with van der Waals surface area (Å²) in [4.78, 5) is 10.8. The van der Waals surface area contributed by atoms with Crippen molar-refractivity contribution in [3.05, 3.63) is 33.8 Å². The molecule has 76 valence electrons. The Hall–Kier alpha value is -0.770. The van der Waals surface area contributed by atoms with Crippen LogP contribution < -0.4 is 5.32 Å². The van der Waals surface area contributed by atoms with E-state index in [1.165, 1.54) is 0 Å². The lowest BCUT2D eigenvalue weighted by atomic mass is 10.1. The van der Waals surface area contributed by atoms with Gasteiger partial charge in [0.15, 0.2) is 0 Å². The fraction of sp³-hybridized carbons (Fsp3) is 0.222. The minimum absolute atomic E-state index is 0.385. The van der Waals surface area contributed by atoms with Gasteiger partial charge in [0.1, 0.15) is 6.04 Å². The van der Waals surface area contributed by atoms with Crippen LogP contribution in [0.2, 0.25) is 10.0 Å². The summed E-state index contributed by atoms with van der Waals surface area (Å²) in [5.74, 6) is -0.989. The number of aliphatic carboxylic acids is 1. The molecule has 0 saturated heterocycles. The van der Waals surface area contributed by atoms with E-state index >= 15 is 0 Å². The molecule has 1 aromatic carbocycles. The summed E-state index contributed by atoms with van der Waals surface area (Å²) in [6.07, 6.45) is 0. The fourth-order valence-corrected chi connectivity index (χ4v) is 1.56. The van der Waals surface area contributed by atoms with Crippen LogP contribution in [0.1, 0.15) is 11.6 Å². The third-order valence-electron chi connectivity index (χ3n) is 1.80. The zero-order valence-electron chi connectivity index (χ0n) is 7.42. The van der Waals surface area contributed by atoms with Crippen molar-refractivity contribution in [2.45, 2.75) is 6.04 Å². The number of hydrogen-bond acceptors (Lipinski definition) is 2. The van der Waals surface area contributed by atoms with E-state index < -0.39 is 12.0 Å². The Bertz CT molecular complexity index is 355. The van der Waals surface area contributed by atoms with Crippen LogP contribution in [0, 0.1) is 0 Å². The number of nitrogens with one attached hydrogen (secondary N) is 1. The van der Waals surface area contributed by atoms with E-state index in [0.29, 0.717) is 15.6 Å². The van der Waals surface area contributed by atoms with E-state index in [2.05, 4.69) is 5.32 Å². The molecule has 1 aromatic rings. The first-order chi connectivity index (χ1) is 6.56. The summed E-state index contributed by atoms with van der Waals surface area (Å²) >= 11 is 11.6. The van der Waals surface area contributed by atoms with Gasteiger partial charge in [0.2, 0.25) is 0 Å². The highest BCUT2D eigenvalue weighted by Crippen LogP contribution is 2.26. The molecule has 1 unspecified atom stereocenters. The second-order valence-electron chi connectivity index (χ2n) is 2.73. The van der Waals surface area contributed by atoms with Crippen LogP contribution in [0.25, 0.3) is 0 Å². The molecule has 5 heteroatoms. The smallest absolute Gasteiger partial charge is 0.325 e. The summed E-state index contributed by atoms with van der Waals surface area (Å²) in [6, 6.07) is 3.90. The summed E-state index contributed by atoms with van der Waals surface area (Å²) in [5, 5.41) is 12.4. The lowest BCUT2D eigenvalue weighted by molar-refractivity contribution is -0.139. The molecular formula is C9H9Cl2NO2. The summed E-state index contributed by atoms with van der Waals surface area (Å²) in [6.45, 7) is 0. The number of carboxylic acid groups (broad SMARTS) is 1. The molecule has 3 nitrogen and oxygen atoms in total. The van der Waals surface area contributed by atoms with Crippen molar-refractivity contribution in [2.75, 3.05) is 7.05 Å². The van der Waals surface area contributed by atoms with Crippen LogP contribution in [0.3, 0.4) is 0 Å². The number of likely N-dealkylation sites (N-methyl/N-ethyl adjacent to an activating group) is 1. The Morgan fingerprint density at radius 3 is 2.64 bits per heavy atom. The fourth-order valence-electron chi connectivity index (χ4n) is 1.15. The number of halogens is 2. The molecule has 0 amide bonds. The van der Waals surface area contributed by atoms with E-state index in [1.54, 1.807) is 25.2 Å². The minimum Gasteiger partial charge on any atom is -0.480 e. The van der Waals surface area contributed by atoms with Crippen molar-refractivity contribution in [1.29, 1.82) is 0 Å². The minimum atomic E-state index is -0.989. The highest BCUT2D eigenvalue weighted by atomic mass is 35.5. The monoisotopic (exact) mass is 233 g/mol. The highest BCUT2D eigenvalue weighted by Gasteiger charge is 2.20. The summed E-state index contributed by atoms with van der Waals surface area (Å²) < 4.78 is 0. The predicted molar refractivity (Wildman–Crippen MR) is 55.9 cm³/mol. The summed E-state index contributed by atoms with van der Waals surface area (Å²) in [5.41, 5.74) is 0.467. The molecule has 0 fully saturated rings. The van der Waals surface area contributed by atoms with E-state index in [1.807, 2.05) is 0 Å². The Kier molecular flexibility index (Phi) is 3.75. The van der Waals surface area contributed by atoms with E-state index in [4.69, 9.17) is 28.3 Å². The molecule has 0 aliphatic carbocycles. The van der Waals surface area contributed by atoms with E-state index in [9.17, 15) is 4.79 Å². The van der Waals surface area contributed by atoms with Gasteiger partial charge in [-0.2, -0.15) is 0 Å². The standard InChI is InChI=1S/C9H9Cl2NO2/c1-12-8(9(13)14)6-4-5(10)2-3-7(6)11/h2-4,8,12H,1H3,(H,13,14). The van der Waals surface area contributed by atoms with Gasteiger partial charge in [-0.1, -0.05) is 23.2 Å². The topological polar surface area (TPSA) is 49.3 Å². The maximum Gasteiger partial charge on any atom is 0.325 e. The molecule has 0 bridgehead atoms. The van der Waals surface area contributed by atoms with Gasteiger partial charge in [-0.25, -0.2) is 0 Å². The molecule has 0 aliphatic rings. The van der Waals surface area contributed by atoms with Crippen molar-refractivity contribution < 1.29 is 9.90 Å². The maximum absolute atomic E-state index is 10.8. The zero-order chi connectivity index (χ0) is 10.7. The van der Waals surface area contributed by atoms with E-state index in [-0.39, 0.29) is 0 Å². The van der Waals surface area contributed by atoms with Crippen molar-refractivity contribution in [3.63, 3.8) is 0 Å². The highest BCUT2D eigenvalue weighted by molar-refractivity contribution is 6.33. The molecule has 0 heterocycles. The second-order valence-corrected chi connectivity index (χ2v) is 3.57. The lowest BCUT2D eigenvalue weighted by Crippen LogP contribution is -2.25. The second kappa shape index (κ2) is 4.64. The van der Waals surface area contributed by atoms with Gasteiger partial charge in [0, 0.05) is 15.6 Å². The van der Waals surface area contributed by atoms with Gasteiger partial charge in [-0.15, -0.1) is 0 Å². The third kappa shape index (κ3) is 2.38. The SMILES string of the molecule is CNC(C(=O)O)c1cc(Cl)ccc1Cl. The Morgan fingerprint density at radius 2 is 2.14 bits per heavy atom. The van der Waals surface area contributed by atoms with Crippen LogP contribution in [-0.4, -0.2) is 18.1 Å². The molecule has 0 spiro atoms. The molecule has 1 rings (SSSR count). The van der Waals surface area contributed by atoms with Crippen LogP contribution in [0.4, 0.5) is 0 Å². The first-order valence-corrected chi connectivity index (χ1v) is 4.67. The van der Waals surface area contributed by atoms with Gasteiger partial charge < -0.3 is 10.4 Å². The number of hydrogen-bond donors (Lipinski definition) is 2. The van der Waals surface area contributed by atoms with Crippen LogP contribution >= 0.6 is 23.2 Å². The third-order valence-corrected chi connectivity index (χ3v) is 2.38. The maximum atomic E-state index is 10.8. The predicted octanol–water partition coefficient (Wildman–Crippen LogP) is 2.34. The molecule has 2 N–H and O–H groups in total. The molecule has 0 aromatic heterocycles. The largest absolute Gasteiger partial charge is 0.480 e. The van der Waals surface area contributed by atoms with E-state index in [0.717, 1.165) is 0 Å². The molecule has 1 atom stereocenters. The van der Waals surface area contributed by atoms with Crippen molar-refractivity contribution in [2.24, 2.45) is 0 Å². The molecule has 0 aliphatic heterocycles. The molecule has 14 heavy (non-hydrogen) atoms. The van der Waals surface area contributed by atoms with Crippen LogP contribution in [0.5, 0.6) is 0 Å². The first kappa shape index (κ1) is 11.3. The Morgan fingerprint density at radius 1 is 1.50 bits per heavy atom. The lowest BCUT2D eigenvalue weighted by Gasteiger charge is -2.13. The van der Waals surface area contributed by atoms with Crippen LogP contribution in [-0.2, 0) is 4.79 Å². The number of benzene rings is 1. The van der Waals surface area contributed by atoms with Crippen molar-refractivity contribution in [1.82, 2.24) is 5.32 Å². The van der Waals surface area contributed by atoms with Gasteiger partial charge >= 0.3 is 5.97 Å². The van der Waals surface area contributed by atoms with Gasteiger partial charge in [0.05, 0.1) is 0 Å². The average Bonchev–Trinajstić information content (AvgIpc) is 2.11.